The molecule has 0 aromatic carbocycles. The fourth-order valence-corrected chi connectivity index (χ4v) is 1.78. The Balaban J connectivity index is 2.93. The molecule has 0 radical (unpaired) electrons. The Morgan fingerprint density at radius 3 is 2.36 bits per heavy atom. The minimum atomic E-state index is -1.10. The number of allylic oxidation sites excluding steroid dienone is 1. The van der Waals surface area contributed by atoms with Crippen molar-refractivity contribution in [3.05, 3.63) is 29.6 Å². The predicted octanol–water partition coefficient (Wildman–Crippen LogP) is 2.33. The topological polar surface area (TPSA) is 84.2 Å². The van der Waals surface area contributed by atoms with Crippen LogP contribution in [0.15, 0.2) is 18.2 Å². The van der Waals surface area contributed by atoms with E-state index in [1.54, 1.807) is 19.2 Å². The van der Waals surface area contributed by atoms with Gasteiger partial charge in [0.1, 0.15) is 11.7 Å². The monoisotopic (exact) mass is 307 g/mol. The molecule has 1 rings (SSSR count). The Labute approximate surface area is 131 Å². The van der Waals surface area contributed by atoms with Crippen LogP contribution in [0.5, 0.6) is 0 Å². The molecule has 1 atom stereocenters. The third-order valence-electron chi connectivity index (χ3n) is 3.06. The predicted molar refractivity (Wildman–Crippen MR) is 84.8 cm³/mol. The molecule has 2 N–H and O–H groups in total. The Hall–Kier alpha value is -2.11. The largest absolute Gasteiger partial charge is 0.479 e. The Morgan fingerprint density at radius 1 is 1.36 bits per heavy atom. The number of hydrogen-bond acceptors (Lipinski definition) is 3. The standard InChI is InChI=1S/C16H25N3O3/c1-10(2)12-9-13(19(6)18-12)14(20)17-11(15(21)22)7-8-16(3,4)5/h7-11H,1-6H3,(H,17,20)(H,21,22)/b8-7+/t11-/m1/s1. The summed E-state index contributed by atoms with van der Waals surface area (Å²) in [5.41, 5.74) is 0.985. The first-order valence-electron chi connectivity index (χ1n) is 7.28. The van der Waals surface area contributed by atoms with Gasteiger partial charge in [0, 0.05) is 7.05 Å². The minimum Gasteiger partial charge on any atom is -0.479 e. The first-order valence-corrected chi connectivity index (χ1v) is 7.28. The van der Waals surface area contributed by atoms with Gasteiger partial charge in [-0.15, -0.1) is 0 Å². The summed E-state index contributed by atoms with van der Waals surface area (Å²) in [7, 11) is 1.67. The van der Waals surface area contributed by atoms with Crippen molar-refractivity contribution < 1.29 is 14.7 Å². The van der Waals surface area contributed by atoms with Crippen molar-refractivity contribution in [3.63, 3.8) is 0 Å². The molecule has 0 saturated carbocycles. The van der Waals surface area contributed by atoms with Crippen LogP contribution in [0.4, 0.5) is 0 Å². The van der Waals surface area contributed by atoms with Gasteiger partial charge < -0.3 is 10.4 Å². The van der Waals surface area contributed by atoms with E-state index in [1.165, 1.54) is 10.8 Å². The number of carbonyl (C=O) groups excluding carboxylic acids is 1. The zero-order chi connectivity index (χ0) is 17.1. The Morgan fingerprint density at radius 2 is 1.95 bits per heavy atom. The lowest BCUT2D eigenvalue weighted by molar-refractivity contribution is -0.137. The van der Waals surface area contributed by atoms with E-state index in [4.69, 9.17) is 0 Å². The first-order chi connectivity index (χ1) is 10.0. The van der Waals surface area contributed by atoms with Gasteiger partial charge in [0.05, 0.1) is 5.69 Å². The van der Waals surface area contributed by atoms with Gasteiger partial charge in [-0.05, 0) is 17.4 Å². The summed E-state index contributed by atoms with van der Waals surface area (Å²) in [6.45, 7) is 9.84. The lowest BCUT2D eigenvalue weighted by Gasteiger charge is -2.15. The molecule has 0 aliphatic rings. The number of aliphatic carboxylic acids is 1. The highest BCUT2D eigenvalue weighted by atomic mass is 16.4. The number of carboxylic acids is 1. The highest BCUT2D eigenvalue weighted by Gasteiger charge is 2.21. The zero-order valence-electron chi connectivity index (χ0n) is 14.0. The Bertz CT molecular complexity index is 580. The Kier molecular flexibility index (Phi) is 5.52. The molecule has 0 aliphatic heterocycles. The van der Waals surface area contributed by atoms with Crippen LogP contribution in [0.2, 0.25) is 0 Å². The average molecular weight is 307 g/mol. The number of nitrogens with one attached hydrogen (secondary N) is 1. The highest BCUT2D eigenvalue weighted by Crippen LogP contribution is 2.16. The molecular formula is C16H25N3O3. The molecule has 0 bridgehead atoms. The number of aromatic nitrogens is 2. The summed E-state index contributed by atoms with van der Waals surface area (Å²) in [4.78, 5) is 23.6. The van der Waals surface area contributed by atoms with Crippen LogP contribution in [-0.2, 0) is 11.8 Å². The summed E-state index contributed by atoms with van der Waals surface area (Å²) in [6.07, 6.45) is 3.27. The van der Waals surface area contributed by atoms with E-state index >= 15 is 0 Å². The first kappa shape index (κ1) is 17.9. The number of hydrogen-bond donors (Lipinski definition) is 2. The molecule has 6 heteroatoms. The summed E-state index contributed by atoms with van der Waals surface area (Å²) in [5.74, 6) is -1.35. The van der Waals surface area contributed by atoms with Crippen molar-refractivity contribution in [3.8, 4) is 0 Å². The van der Waals surface area contributed by atoms with Crippen molar-refractivity contribution in [2.75, 3.05) is 0 Å². The third-order valence-corrected chi connectivity index (χ3v) is 3.06. The summed E-state index contributed by atoms with van der Waals surface area (Å²) in [6, 6.07) is 0.621. The number of amides is 1. The second-order valence-electron chi connectivity index (χ2n) is 6.75. The van der Waals surface area contributed by atoms with Gasteiger partial charge in [-0.3, -0.25) is 9.48 Å². The fourth-order valence-electron chi connectivity index (χ4n) is 1.78. The molecule has 0 spiro atoms. The molecule has 1 heterocycles. The smallest absolute Gasteiger partial charge is 0.330 e. The van der Waals surface area contributed by atoms with Crippen LogP contribution < -0.4 is 5.32 Å². The molecule has 122 valence electrons. The molecule has 1 amide bonds. The summed E-state index contributed by atoms with van der Waals surface area (Å²) in [5, 5.41) is 16.0. The maximum absolute atomic E-state index is 12.3. The van der Waals surface area contributed by atoms with Crippen molar-refractivity contribution >= 4 is 11.9 Å². The fraction of sp³-hybridized carbons (Fsp3) is 0.562. The van der Waals surface area contributed by atoms with Crippen LogP contribution in [0.1, 0.15) is 56.7 Å². The second-order valence-corrected chi connectivity index (χ2v) is 6.75. The maximum Gasteiger partial charge on any atom is 0.330 e. The molecule has 6 nitrogen and oxygen atoms in total. The summed E-state index contributed by atoms with van der Waals surface area (Å²) < 4.78 is 1.47. The zero-order valence-corrected chi connectivity index (χ0v) is 14.0. The van der Waals surface area contributed by atoms with E-state index in [-0.39, 0.29) is 11.3 Å². The highest BCUT2D eigenvalue weighted by molar-refractivity contribution is 5.95. The van der Waals surface area contributed by atoms with Crippen molar-refractivity contribution in [2.24, 2.45) is 12.5 Å². The SMILES string of the molecule is CC(C)c1cc(C(=O)N[C@H](/C=C/C(C)(C)C)C(=O)O)n(C)n1. The van der Waals surface area contributed by atoms with E-state index in [9.17, 15) is 14.7 Å². The third kappa shape index (κ3) is 5.02. The van der Waals surface area contributed by atoms with Crippen molar-refractivity contribution in [1.29, 1.82) is 0 Å². The lowest BCUT2D eigenvalue weighted by Crippen LogP contribution is -2.40. The van der Waals surface area contributed by atoms with Crippen molar-refractivity contribution in [2.45, 2.75) is 46.6 Å². The number of aryl methyl sites for hydroxylation is 1. The van der Waals surface area contributed by atoms with E-state index in [1.807, 2.05) is 34.6 Å². The molecule has 0 saturated heterocycles. The van der Waals surface area contributed by atoms with Gasteiger partial charge in [-0.2, -0.15) is 5.10 Å². The van der Waals surface area contributed by atoms with E-state index in [2.05, 4.69) is 10.4 Å². The number of carboxylic acid groups (broad SMARTS) is 1. The van der Waals surface area contributed by atoms with E-state index in [0.717, 1.165) is 5.69 Å². The maximum atomic E-state index is 12.3. The molecule has 0 unspecified atom stereocenters. The van der Waals surface area contributed by atoms with Crippen molar-refractivity contribution in [1.82, 2.24) is 15.1 Å². The molecule has 1 aromatic heterocycles. The normalized spacial score (nSPS) is 13.6. The van der Waals surface area contributed by atoms with E-state index < -0.39 is 17.9 Å². The molecule has 0 fully saturated rings. The minimum absolute atomic E-state index is 0.157. The molecule has 22 heavy (non-hydrogen) atoms. The van der Waals surface area contributed by atoms with Gasteiger partial charge in [0.25, 0.3) is 5.91 Å². The van der Waals surface area contributed by atoms with E-state index in [0.29, 0.717) is 5.69 Å². The number of nitrogens with zero attached hydrogens (tertiary/aromatic N) is 2. The van der Waals surface area contributed by atoms with Crippen LogP contribution >= 0.6 is 0 Å². The quantitative estimate of drug-likeness (QED) is 0.818. The van der Waals surface area contributed by atoms with Gasteiger partial charge in [-0.1, -0.05) is 46.8 Å². The van der Waals surface area contributed by atoms with Gasteiger partial charge in [0.2, 0.25) is 0 Å². The van der Waals surface area contributed by atoms with Crippen LogP contribution in [0.25, 0.3) is 0 Å². The molecule has 0 aliphatic carbocycles. The van der Waals surface area contributed by atoms with Crippen LogP contribution in [0, 0.1) is 5.41 Å². The van der Waals surface area contributed by atoms with Gasteiger partial charge in [0.15, 0.2) is 0 Å². The second kappa shape index (κ2) is 6.77. The van der Waals surface area contributed by atoms with Gasteiger partial charge in [-0.25, -0.2) is 4.79 Å². The molecular weight excluding hydrogens is 282 g/mol. The average Bonchev–Trinajstić information content (AvgIpc) is 2.75. The lowest BCUT2D eigenvalue weighted by atomic mass is 9.95. The summed E-state index contributed by atoms with van der Waals surface area (Å²) >= 11 is 0. The van der Waals surface area contributed by atoms with Crippen LogP contribution in [-0.4, -0.2) is 32.8 Å². The molecule has 1 aromatic rings. The van der Waals surface area contributed by atoms with Gasteiger partial charge >= 0.3 is 5.97 Å². The number of rotatable bonds is 5. The van der Waals surface area contributed by atoms with Crippen LogP contribution in [0.3, 0.4) is 0 Å². The number of carbonyl (C=O) groups is 2.